The van der Waals surface area contributed by atoms with Crippen LogP contribution in [0.2, 0.25) is 0 Å². The Morgan fingerprint density at radius 3 is 2.65 bits per heavy atom. The van der Waals surface area contributed by atoms with E-state index in [0.29, 0.717) is 6.42 Å². The summed E-state index contributed by atoms with van der Waals surface area (Å²) in [6.07, 6.45) is 5.34. The lowest BCUT2D eigenvalue weighted by atomic mass is 10.0. The van der Waals surface area contributed by atoms with E-state index in [1.807, 2.05) is 0 Å². The van der Waals surface area contributed by atoms with Gasteiger partial charge in [0.25, 0.3) is 5.91 Å². The summed E-state index contributed by atoms with van der Waals surface area (Å²) in [4.78, 5) is 29.1. The quantitative estimate of drug-likeness (QED) is 0.746. The molecule has 0 aromatic rings. The highest BCUT2D eigenvalue weighted by atomic mass is 16.7. The Morgan fingerprint density at radius 1 is 1.45 bits per heavy atom. The Kier molecular flexibility index (Phi) is 4.04. The van der Waals surface area contributed by atoms with Crippen LogP contribution in [0.1, 0.15) is 46.5 Å². The topological polar surface area (TPSA) is 59.1 Å². The number of hydrogen-bond donors (Lipinski definition) is 0. The van der Waals surface area contributed by atoms with Crippen LogP contribution >= 0.6 is 0 Å². The first kappa shape index (κ1) is 14.8. The molecule has 2 amide bonds. The van der Waals surface area contributed by atoms with E-state index in [1.54, 1.807) is 20.8 Å². The number of hydrazine groups is 1. The Labute approximate surface area is 119 Å². The largest absolute Gasteiger partial charge is 0.442 e. The summed E-state index contributed by atoms with van der Waals surface area (Å²) in [5, 5.41) is 2.22. The van der Waals surface area contributed by atoms with Crippen LogP contribution in [0.3, 0.4) is 0 Å². The molecule has 1 aliphatic heterocycles. The molecule has 0 bridgehead atoms. The van der Waals surface area contributed by atoms with Gasteiger partial charge in [-0.05, 0) is 40.0 Å². The number of carbonyl (C=O) groups excluding carboxylic acids is 2. The zero-order valence-corrected chi connectivity index (χ0v) is 12.5. The normalized spacial score (nSPS) is 22.7. The van der Waals surface area contributed by atoms with Gasteiger partial charge in [-0.2, -0.15) is 5.01 Å². The molecule has 0 spiro atoms. The lowest BCUT2D eigenvalue weighted by Crippen LogP contribution is -2.70. The standard InChI is InChI=1S/C14H22N2O4/c1-14(2,3)20-13(18)15-11(12(17)16(15)19-4)9-10-7-5-6-8-10/h7,11H,5-6,8-9H2,1-4H3/t11-/m0/s1. The monoisotopic (exact) mass is 282 g/mol. The van der Waals surface area contributed by atoms with Gasteiger partial charge in [0.2, 0.25) is 0 Å². The predicted octanol–water partition coefficient (Wildman–Crippen LogP) is 2.41. The summed E-state index contributed by atoms with van der Waals surface area (Å²) in [7, 11) is 1.36. The van der Waals surface area contributed by atoms with E-state index in [0.717, 1.165) is 24.4 Å². The summed E-state index contributed by atoms with van der Waals surface area (Å²) < 4.78 is 5.31. The van der Waals surface area contributed by atoms with Gasteiger partial charge in [-0.1, -0.05) is 11.6 Å². The molecule has 0 unspecified atom stereocenters. The fraction of sp³-hybridized carbons (Fsp3) is 0.714. The van der Waals surface area contributed by atoms with Gasteiger partial charge in [0.15, 0.2) is 0 Å². The van der Waals surface area contributed by atoms with E-state index < -0.39 is 17.7 Å². The Hall–Kier alpha value is -1.56. The summed E-state index contributed by atoms with van der Waals surface area (Å²) in [6, 6.07) is -0.505. The highest BCUT2D eigenvalue weighted by Crippen LogP contribution is 2.31. The third-order valence-corrected chi connectivity index (χ3v) is 3.31. The molecule has 112 valence electrons. The fourth-order valence-electron chi connectivity index (χ4n) is 2.44. The van der Waals surface area contributed by atoms with Crippen LogP contribution in [-0.2, 0) is 14.4 Å². The van der Waals surface area contributed by atoms with Crippen molar-refractivity contribution in [2.24, 2.45) is 0 Å². The number of rotatable bonds is 3. The molecule has 2 aliphatic rings. The van der Waals surface area contributed by atoms with Crippen molar-refractivity contribution in [2.75, 3.05) is 7.11 Å². The van der Waals surface area contributed by atoms with Crippen molar-refractivity contribution in [2.45, 2.75) is 58.1 Å². The summed E-state index contributed by atoms with van der Waals surface area (Å²) in [5.74, 6) is -0.203. The zero-order valence-electron chi connectivity index (χ0n) is 12.5. The second-order valence-corrected chi connectivity index (χ2v) is 6.09. The zero-order chi connectivity index (χ0) is 14.9. The maximum atomic E-state index is 12.2. The predicted molar refractivity (Wildman–Crippen MR) is 72.3 cm³/mol. The van der Waals surface area contributed by atoms with Gasteiger partial charge >= 0.3 is 6.09 Å². The van der Waals surface area contributed by atoms with Crippen LogP contribution in [0, 0.1) is 0 Å². The van der Waals surface area contributed by atoms with Gasteiger partial charge in [-0.15, -0.1) is 5.17 Å². The van der Waals surface area contributed by atoms with Crippen LogP contribution in [0.5, 0.6) is 0 Å². The van der Waals surface area contributed by atoms with Gasteiger partial charge in [-0.3, -0.25) is 9.63 Å². The molecule has 1 fully saturated rings. The van der Waals surface area contributed by atoms with Crippen molar-refractivity contribution >= 4 is 12.0 Å². The van der Waals surface area contributed by atoms with Gasteiger partial charge < -0.3 is 4.74 Å². The maximum absolute atomic E-state index is 12.2. The van der Waals surface area contributed by atoms with E-state index in [4.69, 9.17) is 9.57 Å². The Morgan fingerprint density at radius 2 is 2.15 bits per heavy atom. The first-order chi connectivity index (χ1) is 9.33. The molecule has 6 heteroatoms. The van der Waals surface area contributed by atoms with Crippen LogP contribution in [0.15, 0.2) is 11.6 Å². The first-order valence-corrected chi connectivity index (χ1v) is 6.91. The van der Waals surface area contributed by atoms with Gasteiger partial charge in [0.1, 0.15) is 11.6 Å². The fourth-order valence-corrected chi connectivity index (χ4v) is 2.44. The molecule has 2 rings (SSSR count). The van der Waals surface area contributed by atoms with Crippen LogP contribution in [0.25, 0.3) is 0 Å². The van der Waals surface area contributed by atoms with E-state index >= 15 is 0 Å². The minimum atomic E-state index is -0.605. The number of allylic oxidation sites excluding steroid dienone is 1. The lowest BCUT2D eigenvalue weighted by Gasteiger charge is -2.46. The van der Waals surface area contributed by atoms with Crippen LogP contribution in [-0.4, -0.2) is 40.9 Å². The summed E-state index contributed by atoms with van der Waals surface area (Å²) in [6.45, 7) is 5.37. The number of hydroxylamine groups is 1. The van der Waals surface area contributed by atoms with Crippen molar-refractivity contribution in [3.63, 3.8) is 0 Å². The van der Waals surface area contributed by atoms with Crippen LogP contribution in [0.4, 0.5) is 4.79 Å². The molecule has 0 N–H and O–H groups in total. The highest BCUT2D eigenvalue weighted by Gasteiger charge is 2.51. The summed E-state index contributed by atoms with van der Waals surface area (Å²) >= 11 is 0. The Bertz CT molecular complexity index is 439. The first-order valence-electron chi connectivity index (χ1n) is 6.91. The minimum absolute atomic E-state index is 0.203. The second-order valence-electron chi connectivity index (χ2n) is 6.09. The number of ether oxygens (including phenoxy) is 1. The van der Waals surface area contributed by atoms with Crippen molar-refractivity contribution in [3.8, 4) is 0 Å². The van der Waals surface area contributed by atoms with E-state index in [2.05, 4.69) is 6.08 Å². The summed E-state index contributed by atoms with van der Waals surface area (Å²) in [5.41, 5.74) is 0.624. The number of carbonyl (C=O) groups is 2. The lowest BCUT2D eigenvalue weighted by molar-refractivity contribution is -0.297. The molecular weight excluding hydrogens is 260 g/mol. The van der Waals surface area contributed by atoms with Crippen molar-refractivity contribution in [1.29, 1.82) is 0 Å². The number of hydrogen-bond acceptors (Lipinski definition) is 4. The van der Waals surface area contributed by atoms with E-state index in [1.165, 1.54) is 17.7 Å². The SMILES string of the molecule is CON1C(=O)[C@H](CC2=CCCC2)N1C(=O)OC(C)(C)C. The van der Waals surface area contributed by atoms with Crippen LogP contribution < -0.4 is 0 Å². The molecule has 0 aromatic heterocycles. The second kappa shape index (κ2) is 5.44. The van der Waals surface area contributed by atoms with Gasteiger partial charge in [0, 0.05) is 6.42 Å². The average molecular weight is 282 g/mol. The van der Waals surface area contributed by atoms with E-state index in [-0.39, 0.29) is 5.91 Å². The third-order valence-electron chi connectivity index (χ3n) is 3.31. The van der Waals surface area contributed by atoms with E-state index in [9.17, 15) is 9.59 Å². The molecule has 1 aliphatic carbocycles. The van der Waals surface area contributed by atoms with Gasteiger partial charge in [0.05, 0.1) is 7.11 Å². The van der Waals surface area contributed by atoms with Crippen molar-refractivity contribution in [3.05, 3.63) is 11.6 Å². The molecule has 0 aromatic carbocycles. The molecule has 1 atom stereocenters. The van der Waals surface area contributed by atoms with Gasteiger partial charge in [-0.25, -0.2) is 4.79 Å². The highest BCUT2D eigenvalue weighted by molar-refractivity contribution is 5.92. The molecule has 6 nitrogen and oxygen atoms in total. The average Bonchev–Trinajstić information content (AvgIpc) is 2.82. The molecule has 20 heavy (non-hydrogen) atoms. The Balaban J connectivity index is 2.05. The number of amides is 2. The molecule has 0 saturated carbocycles. The smallest absolute Gasteiger partial charge is 0.432 e. The molecular formula is C14H22N2O4. The minimum Gasteiger partial charge on any atom is -0.442 e. The molecule has 1 heterocycles. The maximum Gasteiger partial charge on any atom is 0.432 e. The number of nitrogens with zero attached hydrogens (tertiary/aromatic N) is 2. The molecule has 1 saturated heterocycles. The third kappa shape index (κ3) is 2.95. The van der Waals surface area contributed by atoms with Crippen molar-refractivity contribution < 1.29 is 19.2 Å². The van der Waals surface area contributed by atoms with Crippen molar-refractivity contribution in [1.82, 2.24) is 10.2 Å². The molecule has 0 radical (unpaired) electrons.